The minimum Gasteiger partial charge on any atom is -0.390 e. The topological polar surface area (TPSA) is 480 Å². The molecule has 9 atom stereocenters. The zero-order valence-corrected chi connectivity index (χ0v) is 60.7. The van der Waals surface area contributed by atoms with Crippen molar-refractivity contribution in [2.75, 3.05) is 20.2 Å². The van der Waals surface area contributed by atoms with E-state index in [1.54, 1.807) is 102 Å². The van der Waals surface area contributed by atoms with Crippen molar-refractivity contribution in [3.63, 3.8) is 0 Å². The van der Waals surface area contributed by atoms with Gasteiger partial charge in [0, 0.05) is 81.0 Å². The van der Waals surface area contributed by atoms with Crippen LogP contribution in [0.25, 0.3) is 10.9 Å². The van der Waals surface area contributed by atoms with E-state index in [1.807, 2.05) is 27.7 Å². The molecule has 0 spiro atoms. The molecule has 0 fully saturated rings. The predicted octanol–water partition coefficient (Wildman–Crippen LogP) is 0.570. The molecular formula is C71H108N16O15. The summed E-state index contributed by atoms with van der Waals surface area (Å²) in [5.74, 6) is -9.70. The zero-order chi connectivity index (χ0) is 76.0. The number of aliphatic hydroxyl groups is 1. The summed E-state index contributed by atoms with van der Waals surface area (Å²) in [5.41, 5.74) is 11.8. The van der Waals surface area contributed by atoms with Crippen molar-refractivity contribution in [2.45, 2.75) is 225 Å². The van der Waals surface area contributed by atoms with Crippen LogP contribution in [0.3, 0.4) is 0 Å². The van der Waals surface area contributed by atoms with Gasteiger partial charge in [-0.15, -0.1) is 0 Å². The molecular weight excluding hydrogens is 1320 g/mol. The molecule has 4 aromatic rings. The lowest BCUT2D eigenvalue weighted by atomic mass is 9.96. The van der Waals surface area contributed by atoms with E-state index in [2.05, 4.69) is 73.4 Å². The Morgan fingerprint density at radius 2 is 1.17 bits per heavy atom. The lowest BCUT2D eigenvalue weighted by Gasteiger charge is -2.33. The summed E-state index contributed by atoms with van der Waals surface area (Å²) >= 11 is 0. The third-order valence-corrected chi connectivity index (χ3v) is 16.7. The van der Waals surface area contributed by atoms with E-state index < -0.39 is 156 Å². The summed E-state index contributed by atoms with van der Waals surface area (Å²) < 4.78 is 6.20. The smallest absolute Gasteiger partial charge is 0.243 e. The van der Waals surface area contributed by atoms with Gasteiger partial charge in [-0.3, -0.25) is 62.3 Å². The highest BCUT2D eigenvalue weighted by molar-refractivity contribution is 5.98. The van der Waals surface area contributed by atoms with Crippen LogP contribution in [0.2, 0.25) is 0 Å². The number of hydrogen-bond donors (Lipinski definition) is 16. The van der Waals surface area contributed by atoms with Gasteiger partial charge in [0.25, 0.3) is 0 Å². The Morgan fingerprint density at radius 1 is 0.578 bits per heavy atom. The normalized spacial score (nSPS) is 14.3. The van der Waals surface area contributed by atoms with Gasteiger partial charge in [-0.05, 0) is 102 Å². The van der Waals surface area contributed by atoms with Crippen LogP contribution in [-0.4, -0.2) is 183 Å². The van der Waals surface area contributed by atoms with Crippen molar-refractivity contribution in [1.82, 2.24) is 73.4 Å². The highest BCUT2D eigenvalue weighted by Gasteiger charge is 2.36. The van der Waals surface area contributed by atoms with Crippen molar-refractivity contribution in [3.8, 4) is 0 Å². The van der Waals surface area contributed by atoms with Gasteiger partial charge in [0.2, 0.25) is 76.8 Å². The molecule has 0 aliphatic heterocycles. The number of amides is 13. The fourth-order valence-electron chi connectivity index (χ4n) is 11.0. The number of rotatable bonds is 45. The van der Waals surface area contributed by atoms with Crippen LogP contribution in [0.15, 0.2) is 73.3 Å². The van der Waals surface area contributed by atoms with E-state index in [0.717, 1.165) is 0 Å². The maximum atomic E-state index is 14.7. The van der Waals surface area contributed by atoms with Crippen LogP contribution >= 0.6 is 0 Å². The minimum atomic E-state index is -1.52. The van der Waals surface area contributed by atoms with Gasteiger partial charge < -0.3 is 89.8 Å². The van der Waals surface area contributed by atoms with Gasteiger partial charge in [-0.1, -0.05) is 90.1 Å². The van der Waals surface area contributed by atoms with E-state index in [9.17, 15) is 67.4 Å². The Bertz CT molecular complexity index is 3470. The molecule has 102 heavy (non-hydrogen) atoms. The highest BCUT2D eigenvalue weighted by Crippen LogP contribution is 2.22. The number of carbonyl (C=O) groups excluding carboxylic acids is 13. The molecule has 3 unspecified atom stereocenters. The number of benzene rings is 2. The average molecular weight is 1430 g/mol. The largest absolute Gasteiger partial charge is 0.390 e. The summed E-state index contributed by atoms with van der Waals surface area (Å²) in [6.45, 7) is 18.5. The minimum absolute atomic E-state index is 0.0172. The van der Waals surface area contributed by atoms with Crippen LogP contribution in [0.1, 0.15) is 157 Å². The summed E-state index contributed by atoms with van der Waals surface area (Å²) in [6.07, 6.45) is 2.71. The number of nitrogens with one attached hydrogen (secondary N) is 13. The van der Waals surface area contributed by atoms with Crippen molar-refractivity contribution >= 4 is 87.7 Å². The number of aliphatic hydroxyl groups excluding tert-OH is 1. The number of ether oxygens (including phenoxy) is 1. The Balaban J connectivity index is 1.49. The average Bonchev–Trinajstić information content (AvgIpc) is 1.25. The monoisotopic (exact) mass is 1420 g/mol. The number of hydrogen-bond acceptors (Lipinski definition) is 16. The maximum Gasteiger partial charge on any atom is 0.243 e. The molecule has 2 aromatic carbocycles. The molecule has 562 valence electrons. The first-order valence-electron chi connectivity index (χ1n) is 34.6. The second kappa shape index (κ2) is 41.2. The standard InChI is InChI=1S/C71H108N16O15/c1-40(2)29-50(55(88)34-60(93)80-51(63(73)95)30-41(3)4)84-68(100)54(33-46-36-75-39-78-46)82-61(94)37-77-69(101)62(42(5)6)86-64(96)43(7)79-66(98)53(32-45-35-76-48-22-17-16-21-47(45)48)85-65(97)49(25-26-56(72)89)83-67(99)52(31-44-19-14-13-15-20-44)81-58(91)27-28-71(10,11)102-38-70(8,9)87-59(92)24-18-23-57(90)74-12/h13-17,19-22,35-36,39-43,49-55,62,76,88H,18,23-34,37-38H2,1-12H3,(H2,72,89)(H2,73,95)(H,74,90)(H,75,78)(H,77,101)(H,79,98)(H,80,93)(H,81,91)(H,82,94)(H,83,99)(H,84,100)(H,85,97)(H,86,96)(H,87,92)/t43-,49-,50-,51-,52+,53?,54?,55-,62?/m0/s1. The van der Waals surface area contributed by atoms with E-state index in [1.165, 1.54) is 26.5 Å². The number of H-pyrrole nitrogens is 2. The fourth-order valence-corrected chi connectivity index (χ4v) is 11.0. The lowest BCUT2D eigenvalue weighted by molar-refractivity contribution is -0.135. The van der Waals surface area contributed by atoms with Gasteiger partial charge >= 0.3 is 0 Å². The third kappa shape index (κ3) is 30.6. The molecule has 0 aliphatic carbocycles. The van der Waals surface area contributed by atoms with Gasteiger partial charge in [0.1, 0.15) is 42.3 Å². The zero-order valence-electron chi connectivity index (χ0n) is 60.7. The summed E-state index contributed by atoms with van der Waals surface area (Å²) in [4.78, 5) is 185. The molecule has 0 saturated carbocycles. The number of nitrogens with two attached hydrogens (primary N) is 2. The predicted molar refractivity (Wildman–Crippen MR) is 380 cm³/mol. The number of fused-ring (bicyclic) bond motifs is 1. The number of nitrogens with zero attached hydrogens (tertiary/aromatic N) is 1. The van der Waals surface area contributed by atoms with E-state index >= 15 is 0 Å². The lowest BCUT2D eigenvalue weighted by Crippen LogP contribution is -2.60. The first-order valence-corrected chi connectivity index (χ1v) is 34.6. The molecule has 4 rings (SSSR count). The van der Waals surface area contributed by atoms with Crippen LogP contribution in [0.4, 0.5) is 0 Å². The summed E-state index contributed by atoms with van der Waals surface area (Å²) in [7, 11) is 1.52. The highest BCUT2D eigenvalue weighted by atomic mass is 16.5. The van der Waals surface area contributed by atoms with Crippen LogP contribution in [0, 0.1) is 17.8 Å². The van der Waals surface area contributed by atoms with Crippen LogP contribution in [0.5, 0.6) is 0 Å². The van der Waals surface area contributed by atoms with Gasteiger partial charge in [-0.25, -0.2) is 4.98 Å². The van der Waals surface area contributed by atoms with Crippen LogP contribution in [-0.2, 0) is 86.3 Å². The number of aromatic nitrogens is 3. The number of primary amides is 2. The summed E-state index contributed by atoms with van der Waals surface area (Å²) in [5, 5.41) is 41.3. The number of para-hydroxylation sites is 1. The molecule has 18 N–H and O–H groups in total. The Morgan fingerprint density at radius 3 is 1.79 bits per heavy atom. The Kier molecular flexibility index (Phi) is 34.2. The maximum absolute atomic E-state index is 14.7. The van der Waals surface area contributed by atoms with Crippen molar-refractivity contribution < 1.29 is 72.2 Å². The van der Waals surface area contributed by atoms with E-state index in [0.29, 0.717) is 34.1 Å². The molecule has 2 heterocycles. The molecule has 0 saturated heterocycles. The van der Waals surface area contributed by atoms with Gasteiger partial charge in [-0.2, -0.15) is 0 Å². The van der Waals surface area contributed by atoms with Crippen LogP contribution < -0.4 is 70.0 Å². The molecule has 0 aliphatic rings. The van der Waals surface area contributed by atoms with Gasteiger partial charge in [0.05, 0.1) is 49.2 Å². The second-order valence-electron chi connectivity index (χ2n) is 28.3. The first-order chi connectivity index (χ1) is 47.9. The summed E-state index contributed by atoms with van der Waals surface area (Å²) in [6, 6.07) is 5.69. The van der Waals surface area contributed by atoms with Crippen molar-refractivity contribution in [1.29, 1.82) is 0 Å². The van der Waals surface area contributed by atoms with Gasteiger partial charge in [0.15, 0.2) is 0 Å². The molecule has 2 aromatic heterocycles. The quantitative estimate of drug-likeness (QED) is 0.0288. The molecule has 13 amide bonds. The molecule has 31 nitrogen and oxygen atoms in total. The first kappa shape index (κ1) is 84.6. The molecule has 31 heteroatoms. The van der Waals surface area contributed by atoms with E-state index in [4.69, 9.17) is 16.2 Å². The molecule has 0 bridgehead atoms. The number of aromatic amines is 2. The Labute approximate surface area is 595 Å². The molecule has 0 radical (unpaired) electrons. The number of imidazole rings is 1. The Hall–Kier alpha value is -9.78. The second-order valence-corrected chi connectivity index (χ2v) is 28.3. The van der Waals surface area contributed by atoms with E-state index in [-0.39, 0.29) is 94.5 Å². The number of carbonyl (C=O) groups is 13. The fraction of sp³-hybridized carbons (Fsp3) is 0.577. The van der Waals surface area contributed by atoms with Crippen molar-refractivity contribution in [2.24, 2.45) is 29.2 Å². The third-order valence-electron chi connectivity index (χ3n) is 16.7. The van der Waals surface area contributed by atoms with Crippen molar-refractivity contribution in [3.05, 3.63) is 90.1 Å². The SMILES string of the molecule is CNC(=O)CCCC(=O)NC(C)(C)COC(C)(C)CCC(=O)N[C@H](Cc1ccccc1)C(=O)N[C@@H](CCC(N)=O)C(=O)NC(Cc1c[nH]c2ccccc12)C(=O)N[C@@H](C)C(=O)NC(C(=O)NCC(=O)NC(Cc1cnc[nH]1)C(=O)N[C@@H](CC(C)C)[C@@H](O)CC(=O)N[C@@H](CC(C)C)C(N)=O)C(C)C.